The van der Waals surface area contributed by atoms with E-state index in [1.54, 1.807) is 60.7 Å². The number of nitrogens with one attached hydrogen (secondary N) is 1. The fraction of sp³-hybridized carbons (Fsp3) is 0.257. The van der Waals surface area contributed by atoms with Gasteiger partial charge in [-0.2, -0.15) is 0 Å². The maximum Gasteiger partial charge on any atom is 0.264 e. The predicted molar refractivity (Wildman–Crippen MR) is 178 cm³/mol. The minimum Gasteiger partial charge on any atom is -0.495 e. The van der Waals surface area contributed by atoms with Crippen LogP contribution in [0, 0.1) is 6.92 Å². The molecule has 0 aliphatic heterocycles. The van der Waals surface area contributed by atoms with Crippen molar-refractivity contribution < 1.29 is 22.7 Å². The monoisotopic (exact) mass is 647 g/mol. The maximum absolute atomic E-state index is 14.6. The van der Waals surface area contributed by atoms with Crippen LogP contribution in [0.5, 0.6) is 5.75 Å². The van der Waals surface area contributed by atoms with E-state index in [2.05, 4.69) is 5.32 Å². The average molecular weight is 648 g/mol. The first kappa shape index (κ1) is 33.6. The normalized spacial score (nSPS) is 12.0. The molecule has 0 bridgehead atoms. The quantitative estimate of drug-likeness (QED) is 0.192. The summed E-state index contributed by atoms with van der Waals surface area (Å²) in [6, 6.07) is 28.3. The minimum atomic E-state index is -4.25. The molecule has 0 heterocycles. The standard InChI is InChI=1S/C35H38ClN3O5S/c1-25(2)37-35(41)32(22-27-11-7-5-8-12-27)38(23-28-16-18-29(36)19-17-28)34(40)24-39(31-21-26(3)15-20-33(31)44-4)45(42,43)30-13-9-6-10-14-30/h5-21,25,32H,22-24H2,1-4H3,(H,37,41)/t32-/m0/s1. The molecule has 0 saturated heterocycles. The number of aryl methyl sites for hydroxylation is 1. The van der Waals surface area contributed by atoms with Crippen LogP contribution in [-0.4, -0.2) is 50.9 Å². The van der Waals surface area contributed by atoms with Gasteiger partial charge in [-0.25, -0.2) is 8.42 Å². The van der Waals surface area contributed by atoms with Crippen LogP contribution in [-0.2, 0) is 32.6 Å². The second kappa shape index (κ2) is 15.1. The van der Waals surface area contributed by atoms with Gasteiger partial charge in [-0.3, -0.25) is 13.9 Å². The van der Waals surface area contributed by atoms with E-state index < -0.39 is 28.5 Å². The molecule has 0 aliphatic carbocycles. The molecule has 4 aromatic rings. The van der Waals surface area contributed by atoms with Crippen LogP contribution >= 0.6 is 11.6 Å². The molecule has 0 radical (unpaired) electrons. The van der Waals surface area contributed by atoms with Crippen LogP contribution in [0.2, 0.25) is 5.02 Å². The van der Waals surface area contributed by atoms with E-state index in [1.807, 2.05) is 51.1 Å². The number of hydrogen-bond donors (Lipinski definition) is 1. The highest BCUT2D eigenvalue weighted by Gasteiger charge is 2.35. The Morgan fingerprint density at radius 3 is 2.09 bits per heavy atom. The van der Waals surface area contributed by atoms with Crippen LogP contribution in [0.15, 0.2) is 108 Å². The van der Waals surface area contributed by atoms with Crippen molar-refractivity contribution in [1.29, 1.82) is 0 Å². The van der Waals surface area contributed by atoms with Gasteiger partial charge in [-0.15, -0.1) is 0 Å². The van der Waals surface area contributed by atoms with Gasteiger partial charge in [0, 0.05) is 24.0 Å². The van der Waals surface area contributed by atoms with Crippen molar-refractivity contribution in [2.24, 2.45) is 0 Å². The first-order valence-electron chi connectivity index (χ1n) is 14.6. The van der Waals surface area contributed by atoms with Crippen molar-refractivity contribution in [3.05, 3.63) is 125 Å². The summed E-state index contributed by atoms with van der Waals surface area (Å²) in [4.78, 5) is 29.8. The molecule has 0 unspecified atom stereocenters. The minimum absolute atomic E-state index is 0.0176. The van der Waals surface area contributed by atoms with Gasteiger partial charge in [0.15, 0.2) is 0 Å². The molecule has 236 valence electrons. The summed E-state index contributed by atoms with van der Waals surface area (Å²) in [6.07, 6.45) is 0.220. The third-order valence-electron chi connectivity index (χ3n) is 7.18. The number of nitrogens with zero attached hydrogens (tertiary/aromatic N) is 2. The Labute approximate surface area is 270 Å². The van der Waals surface area contributed by atoms with Gasteiger partial charge < -0.3 is 15.0 Å². The largest absolute Gasteiger partial charge is 0.495 e. The Hall–Kier alpha value is -4.34. The summed E-state index contributed by atoms with van der Waals surface area (Å²) in [5, 5.41) is 3.48. The number of carbonyl (C=O) groups excluding carboxylic acids is 2. The van der Waals surface area contributed by atoms with E-state index in [0.29, 0.717) is 5.02 Å². The molecule has 0 saturated carbocycles. The number of hydrogen-bond acceptors (Lipinski definition) is 5. The molecule has 0 aliphatic rings. The molecule has 45 heavy (non-hydrogen) atoms. The third-order valence-corrected chi connectivity index (χ3v) is 9.21. The van der Waals surface area contributed by atoms with Crippen molar-refractivity contribution >= 4 is 39.1 Å². The lowest BCUT2D eigenvalue weighted by Crippen LogP contribution is -2.54. The van der Waals surface area contributed by atoms with Gasteiger partial charge in [-0.1, -0.05) is 78.3 Å². The highest BCUT2D eigenvalue weighted by molar-refractivity contribution is 7.92. The van der Waals surface area contributed by atoms with Crippen LogP contribution in [0.1, 0.15) is 30.5 Å². The van der Waals surface area contributed by atoms with Gasteiger partial charge in [0.1, 0.15) is 18.3 Å². The van der Waals surface area contributed by atoms with Crippen molar-refractivity contribution in [3.63, 3.8) is 0 Å². The Balaban J connectivity index is 1.84. The number of carbonyl (C=O) groups is 2. The van der Waals surface area contributed by atoms with E-state index in [-0.39, 0.29) is 41.2 Å². The Bertz CT molecular complexity index is 1700. The number of sulfonamides is 1. The zero-order chi connectivity index (χ0) is 32.6. The van der Waals surface area contributed by atoms with Gasteiger partial charge in [0.2, 0.25) is 11.8 Å². The molecule has 1 N–H and O–H groups in total. The van der Waals surface area contributed by atoms with Crippen LogP contribution in [0.25, 0.3) is 0 Å². The molecule has 2 amide bonds. The Morgan fingerprint density at radius 2 is 1.49 bits per heavy atom. The van der Waals surface area contributed by atoms with E-state index in [9.17, 15) is 18.0 Å². The number of rotatable bonds is 13. The molecule has 0 spiro atoms. The molecular formula is C35H38ClN3O5S. The second-order valence-corrected chi connectivity index (χ2v) is 13.3. The molecule has 8 nitrogen and oxygen atoms in total. The molecule has 0 fully saturated rings. The van der Waals surface area contributed by atoms with E-state index in [0.717, 1.165) is 21.0 Å². The fourth-order valence-corrected chi connectivity index (χ4v) is 6.51. The average Bonchev–Trinajstić information content (AvgIpc) is 3.02. The Morgan fingerprint density at radius 1 is 0.867 bits per heavy atom. The third kappa shape index (κ3) is 8.65. The zero-order valence-electron chi connectivity index (χ0n) is 25.8. The lowest BCUT2D eigenvalue weighted by Gasteiger charge is -2.34. The van der Waals surface area contributed by atoms with Gasteiger partial charge >= 0.3 is 0 Å². The van der Waals surface area contributed by atoms with Crippen molar-refractivity contribution in [3.8, 4) is 5.75 Å². The van der Waals surface area contributed by atoms with E-state index >= 15 is 0 Å². The summed E-state index contributed by atoms with van der Waals surface area (Å²) in [5.41, 5.74) is 2.58. The molecule has 1 atom stereocenters. The molecule has 0 aromatic heterocycles. The lowest BCUT2D eigenvalue weighted by molar-refractivity contribution is -0.140. The van der Waals surface area contributed by atoms with Crippen molar-refractivity contribution in [2.45, 2.75) is 50.7 Å². The number of amides is 2. The van der Waals surface area contributed by atoms with E-state index in [1.165, 1.54) is 24.1 Å². The van der Waals surface area contributed by atoms with Crippen LogP contribution < -0.4 is 14.4 Å². The predicted octanol–water partition coefficient (Wildman–Crippen LogP) is 6.02. The van der Waals surface area contributed by atoms with Crippen LogP contribution in [0.3, 0.4) is 0 Å². The summed E-state index contributed by atoms with van der Waals surface area (Å²) in [7, 11) is -2.80. The summed E-state index contributed by atoms with van der Waals surface area (Å²) in [5.74, 6) is -0.620. The van der Waals surface area contributed by atoms with Crippen LogP contribution in [0.4, 0.5) is 5.69 Å². The zero-order valence-corrected chi connectivity index (χ0v) is 27.4. The summed E-state index contributed by atoms with van der Waals surface area (Å²) >= 11 is 6.14. The highest BCUT2D eigenvalue weighted by atomic mass is 35.5. The molecule has 4 aromatic carbocycles. The van der Waals surface area contributed by atoms with E-state index in [4.69, 9.17) is 16.3 Å². The molecular weight excluding hydrogens is 610 g/mol. The maximum atomic E-state index is 14.6. The van der Waals surface area contributed by atoms with Crippen molar-refractivity contribution in [2.75, 3.05) is 18.0 Å². The number of halogens is 1. The number of ether oxygens (including phenoxy) is 1. The van der Waals surface area contributed by atoms with Gasteiger partial charge in [-0.05, 0) is 73.9 Å². The molecule has 10 heteroatoms. The summed E-state index contributed by atoms with van der Waals surface area (Å²) < 4.78 is 35.0. The smallest absolute Gasteiger partial charge is 0.264 e. The topological polar surface area (TPSA) is 96.0 Å². The lowest BCUT2D eigenvalue weighted by atomic mass is 10.0. The fourth-order valence-electron chi connectivity index (χ4n) is 4.95. The highest BCUT2D eigenvalue weighted by Crippen LogP contribution is 2.34. The number of benzene rings is 4. The van der Waals surface area contributed by atoms with Gasteiger partial charge in [0.25, 0.3) is 10.0 Å². The second-order valence-electron chi connectivity index (χ2n) is 11.0. The molecule has 4 rings (SSSR count). The van der Waals surface area contributed by atoms with Crippen molar-refractivity contribution in [1.82, 2.24) is 10.2 Å². The number of methoxy groups -OCH3 is 1. The van der Waals surface area contributed by atoms with Gasteiger partial charge in [0.05, 0.1) is 17.7 Å². The first-order valence-corrected chi connectivity index (χ1v) is 16.4. The number of anilines is 1. The summed E-state index contributed by atoms with van der Waals surface area (Å²) in [6.45, 7) is 4.99. The SMILES string of the molecule is COc1ccc(C)cc1N(CC(=O)N(Cc1ccc(Cl)cc1)[C@@H](Cc1ccccc1)C(=O)NC(C)C)S(=O)(=O)c1ccccc1. The first-order chi connectivity index (χ1) is 21.5. The Kier molecular flexibility index (Phi) is 11.3.